The molecule has 0 aliphatic carbocycles. The summed E-state index contributed by atoms with van der Waals surface area (Å²) in [6.45, 7) is 0. The van der Waals surface area contributed by atoms with E-state index in [9.17, 15) is 40.3 Å². The fourth-order valence-corrected chi connectivity index (χ4v) is 3.80. The molecule has 2 aromatic carbocycles. The van der Waals surface area contributed by atoms with E-state index in [1.165, 1.54) is 24.6 Å². The van der Waals surface area contributed by atoms with Crippen molar-refractivity contribution in [1.29, 1.82) is 0 Å². The summed E-state index contributed by atoms with van der Waals surface area (Å²) in [6, 6.07) is 7.48. The van der Waals surface area contributed by atoms with Crippen molar-refractivity contribution in [3.63, 3.8) is 0 Å². The number of ether oxygens (including phenoxy) is 1. The van der Waals surface area contributed by atoms with Crippen LogP contribution in [0.4, 0.5) is 41.2 Å². The van der Waals surface area contributed by atoms with Gasteiger partial charge in [-0.25, -0.2) is 24.1 Å². The van der Waals surface area contributed by atoms with Crippen molar-refractivity contribution in [2.45, 2.75) is 17.9 Å². The Bertz CT molecular complexity index is 1240. The minimum Gasteiger partial charge on any atom is -0.497 e. The van der Waals surface area contributed by atoms with E-state index in [-0.39, 0.29) is 11.4 Å². The van der Waals surface area contributed by atoms with E-state index < -0.39 is 58.8 Å². The fraction of sp³-hybridized carbons (Fsp3) is 0.238. The molecule has 1 atom stereocenters. The number of amidine groups is 2. The van der Waals surface area contributed by atoms with Crippen LogP contribution in [0.2, 0.25) is 0 Å². The summed E-state index contributed by atoms with van der Waals surface area (Å²) < 4.78 is 105. The van der Waals surface area contributed by atoms with Crippen LogP contribution in [-0.4, -0.2) is 48.6 Å². The summed E-state index contributed by atoms with van der Waals surface area (Å²) in [5, 5.41) is 1.51. The molecule has 14 heteroatoms. The lowest BCUT2D eigenvalue weighted by atomic mass is 9.78. The summed E-state index contributed by atoms with van der Waals surface area (Å²) in [5.41, 5.74) is -6.08. The van der Waals surface area contributed by atoms with Crippen LogP contribution in [0.25, 0.3) is 0 Å². The summed E-state index contributed by atoms with van der Waals surface area (Å²) >= 11 is 0. The number of fused-ring (bicyclic) bond motifs is 1. The molecule has 184 valence electrons. The van der Waals surface area contributed by atoms with Crippen LogP contribution < -0.4 is 15.0 Å². The third kappa shape index (κ3) is 3.68. The summed E-state index contributed by atoms with van der Waals surface area (Å²) in [4.78, 5) is 32.1. The maximum absolute atomic E-state index is 14.4. The monoisotopic (exact) mass is 502 g/mol. The highest BCUT2D eigenvalue weighted by atomic mass is 19.4. The number of anilines is 1. The van der Waals surface area contributed by atoms with Gasteiger partial charge >= 0.3 is 18.4 Å². The molecule has 4 rings (SSSR count). The molecule has 1 fully saturated rings. The zero-order valence-corrected chi connectivity index (χ0v) is 17.4. The number of nitrogens with zero attached hydrogens (tertiary/aromatic N) is 3. The van der Waals surface area contributed by atoms with Gasteiger partial charge in [0.25, 0.3) is 5.54 Å². The van der Waals surface area contributed by atoms with Gasteiger partial charge in [-0.15, -0.1) is 0 Å². The number of benzene rings is 2. The lowest BCUT2D eigenvalue weighted by molar-refractivity contribution is -0.302. The zero-order valence-electron chi connectivity index (χ0n) is 17.4. The first-order valence-electron chi connectivity index (χ1n) is 9.67. The van der Waals surface area contributed by atoms with Crippen LogP contribution in [0.5, 0.6) is 5.75 Å². The molecule has 0 aromatic heterocycles. The average Bonchev–Trinajstić information content (AvgIpc) is 2.77. The quantitative estimate of drug-likeness (QED) is 0.638. The molecule has 0 spiro atoms. The number of methoxy groups -OCH3 is 1. The minimum absolute atomic E-state index is 0.229. The Balaban J connectivity index is 2.05. The zero-order chi connectivity index (χ0) is 25.8. The van der Waals surface area contributed by atoms with Gasteiger partial charge in [-0.2, -0.15) is 26.3 Å². The van der Waals surface area contributed by atoms with E-state index in [4.69, 9.17) is 4.74 Å². The minimum atomic E-state index is -6.20. The number of halogens is 7. The van der Waals surface area contributed by atoms with Crippen LogP contribution in [0.1, 0.15) is 5.56 Å². The van der Waals surface area contributed by atoms with Crippen LogP contribution in [-0.2, 0) is 4.79 Å². The number of nitrogens with one attached hydrogen (secondary N) is 1. The van der Waals surface area contributed by atoms with Crippen LogP contribution in [0.3, 0.4) is 0 Å². The molecule has 35 heavy (non-hydrogen) atoms. The van der Waals surface area contributed by atoms with Gasteiger partial charge in [-0.3, -0.25) is 10.1 Å². The Labute approximate surface area is 191 Å². The summed E-state index contributed by atoms with van der Waals surface area (Å²) in [5.74, 6) is -8.51. The Morgan fingerprint density at radius 2 is 1.57 bits per heavy atom. The summed E-state index contributed by atoms with van der Waals surface area (Å²) in [6.07, 6.45) is -12.4. The van der Waals surface area contributed by atoms with Gasteiger partial charge in [0.1, 0.15) is 23.3 Å². The SMILES string of the molecule is COc1ccc(N2C(=O)NC(=O)C3C2=NC(c2ccccc2F)=NC3(C(F)(F)F)C(F)(F)F)cc1. The Morgan fingerprint density at radius 1 is 0.971 bits per heavy atom. The highest BCUT2D eigenvalue weighted by molar-refractivity contribution is 6.33. The predicted octanol–water partition coefficient (Wildman–Crippen LogP) is 4.23. The molecule has 0 radical (unpaired) electrons. The number of urea groups is 1. The average molecular weight is 502 g/mol. The first-order chi connectivity index (χ1) is 16.3. The normalized spacial score (nSPS) is 20.0. The van der Waals surface area contributed by atoms with Gasteiger partial charge in [-0.05, 0) is 36.4 Å². The first-order valence-corrected chi connectivity index (χ1v) is 9.67. The van der Waals surface area contributed by atoms with Crippen molar-refractivity contribution < 1.29 is 45.1 Å². The van der Waals surface area contributed by atoms with E-state index in [1.807, 2.05) is 0 Å². The van der Waals surface area contributed by atoms with E-state index in [2.05, 4.69) is 9.98 Å². The molecule has 1 N–H and O–H groups in total. The summed E-state index contributed by atoms with van der Waals surface area (Å²) in [7, 11) is 1.31. The van der Waals surface area contributed by atoms with E-state index >= 15 is 0 Å². The van der Waals surface area contributed by atoms with Crippen molar-refractivity contribution in [3.8, 4) is 5.75 Å². The maximum Gasteiger partial charge on any atom is 0.423 e. The second-order valence-electron chi connectivity index (χ2n) is 7.41. The molecule has 0 bridgehead atoms. The highest BCUT2D eigenvalue weighted by Gasteiger charge is 2.79. The Hall–Kier alpha value is -3.97. The highest BCUT2D eigenvalue weighted by Crippen LogP contribution is 2.53. The molecule has 7 nitrogen and oxygen atoms in total. The van der Waals surface area contributed by atoms with Gasteiger partial charge < -0.3 is 4.74 Å². The number of hydrogen-bond donors (Lipinski definition) is 1. The van der Waals surface area contributed by atoms with Gasteiger partial charge in [0.2, 0.25) is 5.91 Å². The number of amides is 3. The predicted molar refractivity (Wildman–Crippen MR) is 108 cm³/mol. The number of alkyl halides is 6. The van der Waals surface area contributed by atoms with Crippen LogP contribution >= 0.6 is 0 Å². The largest absolute Gasteiger partial charge is 0.497 e. The number of carbonyl (C=O) groups excluding carboxylic acids is 2. The maximum atomic E-state index is 14.4. The fourth-order valence-electron chi connectivity index (χ4n) is 3.80. The van der Waals surface area contributed by atoms with Gasteiger partial charge in [0.15, 0.2) is 5.84 Å². The molecule has 1 unspecified atom stereocenters. The van der Waals surface area contributed by atoms with Gasteiger partial charge in [0, 0.05) is 0 Å². The molecular formula is C21H13F7N4O3. The number of rotatable bonds is 3. The molecule has 0 saturated carbocycles. The van der Waals surface area contributed by atoms with Crippen molar-refractivity contribution >= 4 is 29.3 Å². The molecule has 2 aliphatic heterocycles. The lowest BCUT2D eigenvalue weighted by Gasteiger charge is -2.45. The number of carbonyl (C=O) groups is 2. The standard InChI is InChI=1S/C21H13F7N4O3/c1-35-11-8-6-10(7-9-11)32-16-14(17(33)30-18(32)34)19(20(23,24)25,21(26,27)28)31-15(29-16)12-4-2-3-5-13(12)22/h2-9,14H,1H3,(H,30,33,34). The van der Waals surface area contributed by atoms with E-state index in [0.29, 0.717) is 4.90 Å². The Morgan fingerprint density at radius 3 is 2.11 bits per heavy atom. The second kappa shape index (κ2) is 8.06. The first kappa shape index (κ1) is 24.2. The van der Waals surface area contributed by atoms with Crippen molar-refractivity contribution in [2.75, 3.05) is 12.0 Å². The topological polar surface area (TPSA) is 83.4 Å². The molecule has 1 saturated heterocycles. The molecule has 3 amide bonds. The van der Waals surface area contributed by atoms with Crippen molar-refractivity contribution in [1.82, 2.24) is 5.32 Å². The second-order valence-corrected chi connectivity index (χ2v) is 7.41. The molecular weight excluding hydrogens is 489 g/mol. The molecule has 2 aromatic rings. The van der Waals surface area contributed by atoms with Crippen molar-refractivity contribution in [2.24, 2.45) is 15.9 Å². The van der Waals surface area contributed by atoms with Crippen LogP contribution in [0, 0.1) is 11.7 Å². The number of hydrogen-bond acceptors (Lipinski definition) is 5. The molecule has 2 aliphatic rings. The smallest absolute Gasteiger partial charge is 0.423 e. The van der Waals surface area contributed by atoms with Gasteiger partial charge in [-0.1, -0.05) is 12.1 Å². The third-order valence-electron chi connectivity index (χ3n) is 5.41. The third-order valence-corrected chi connectivity index (χ3v) is 5.41. The number of imide groups is 1. The number of aliphatic imine (C=N–C) groups is 2. The Kier molecular flexibility index (Phi) is 5.57. The van der Waals surface area contributed by atoms with E-state index in [0.717, 1.165) is 36.4 Å². The van der Waals surface area contributed by atoms with Gasteiger partial charge in [0.05, 0.1) is 18.4 Å². The molecule has 2 heterocycles. The van der Waals surface area contributed by atoms with E-state index in [1.54, 1.807) is 0 Å². The lowest BCUT2D eigenvalue weighted by Crippen LogP contribution is -2.73. The van der Waals surface area contributed by atoms with Crippen molar-refractivity contribution in [3.05, 3.63) is 59.9 Å². The van der Waals surface area contributed by atoms with Crippen LogP contribution in [0.15, 0.2) is 58.5 Å².